The van der Waals surface area contributed by atoms with Crippen LogP contribution in [0.5, 0.6) is 11.5 Å². The van der Waals surface area contributed by atoms with Crippen LogP contribution >= 0.6 is 11.3 Å². The van der Waals surface area contributed by atoms with Gasteiger partial charge < -0.3 is 9.47 Å². The van der Waals surface area contributed by atoms with Crippen LogP contribution < -0.4 is 9.47 Å². The first-order chi connectivity index (χ1) is 11.8. The zero-order valence-electron chi connectivity index (χ0n) is 12.9. The molecule has 0 saturated carbocycles. The number of fused-ring (bicyclic) bond motifs is 2. The summed E-state index contributed by atoms with van der Waals surface area (Å²) in [6, 6.07) is 14.2. The molecule has 0 amide bonds. The molecule has 0 saturated heterocycles. The molecule has 0 atom stereocenters. The fourth-order valence-electron chi connectivity index (χ4n) is 2.71. The minimum absolute atomic E-state index is 0.278. The van der Waals surface area contributed by atoms with Crippen LogP contribution in [0.3, 0.4) is 0 Å². The zero-order chi connectivity index (χ0) is 16.1. The molecular formula is C18H13N3O2S. The summed E-state index contributed by atoms with van der Waals surface area (Å²) in [5, 5.41) is 5.56. The Kier molecular flexibility index (Phi) is 2.87. The average molecular weight is 335 g/mol. The number of hydrogen-bond donors (Lipinski definition) is 0. The van der Waals surface area contributed by atoms with Gasteiger partial charge in [0.05, 0.1) is 11.9 Å². The molecular weight excluding hydrogens is 322 g/mol. The fraction of sp³-hybridized carbons (Fsp3) is 0.111. The van der Waals surface area contributed by atoms with E-state index >= 15 is 0 Å². The van der Waals surface area contributed by atoms with Crippen LogP contribution in [0, 0.1) is 6.92 Å². The highest BCUT2D eigenvalue weighted by Gasteiger charge is 2.16. The second-order valence-corrected chi connectivity index (χ2v) is 6.65. The SMILES string of the molecule is Cc1ccc(-c2cn3nc(-c4ccc5c(c4)OCO5)sc3n2)cc1. The summed E-state index contributed by atoms with van der Waals surface area (Å²) in [5.74, 6) is 1.54. The van der Waals surface area contributed by atoms with Crippen LogP contribution in [0.1, 0.15) is 5.56 Å². The van der Waals surface area contributed by atoms with Gasteiger partial charge in [0.2, 0.25) is 11.8 Å². The molecule has 0 aliphatic carbocycles. The van der Waals surface area contributed by atoms with Gasteiger partial charge in [-0.1, -0.05) is 41.2 Å². The molecule has 0 bridgehead atoms. The van der Waals surface area contributed by atoms with E-state index in [1.807, 2.05) is 28.9 Å². The lowest BCUT2D eigenvalue weighted by Crippen LogP contribution is -1.92. The van der Waals surface area contributed by atoms with Crippen LogP contribution in [0.25, 0.3) is 26.8 Å². The van der Waals surface area contributed by atoms with Crippen molar-refractivity contribution in [2.75, 3.05) is 6.79 Å². The van der Waals surface area contributed by atoms with Crippen molar-refractivity contribution in [2.24, 2.45) is 0 Å². The molecule has 2 aromatic carbocycles. The molecule has 1 aliphatic heterocycles. The van der Waals surface area contributed by atoms with Gasteiger partial charge in [-0.05, 0) is 25.1 Å². The van der Waals surface area contributed by atoms with E-state index in [9.17, 15) is 0 Å². The van der Waals surface area contributed by atoms with Crippen LogP contribution in [0.4, 0.5) is 0 Å². The first kappa shape index (κ1) is 13.6. The maximum absolute atomic E-state index is 5.43. The maximum Gasteiger partial charge on any atom is 0.231 e. The van der Waals surface area contributed by atoms with Gasteiger partial charge >= 0.3 is 0 Å². The second kappa shape index (κ2) is 5.07. The van der Waals surface area contributed by atoms with Crippen molar-refractivity contribution < 1.29 is 9.47 Å². The Morgan fingerprint density at radius 1 is 1.00 bits per heavy atom. The Morgan fingerprint density at radius 3 is 2.62 bits per heavy atom. The average Bonchev–Trinajstić information content (AvgIpc) is 3.28. The van der Waals surface area contributed by atoms with Crippen molar-refractivity contribution in [3.8, 4) is 33.3 Å². The van der Waals surface area contributed by atoms with E-state index < -0.39 is 0 Å². The molecule has 0 unspecified atom stereocenters. The molecule has 118 valence electrons. The molecule has 5 rings (SSSR count). The molecule has 2 aromatic heterocycles. The van der Waals surface area contributed by atoms with Gasteiger partial charge in [-0.25, -0.2) is 9.50 Å². The molecule has 4 aromatic rings. The third-order valence-corrected chi connectivity index (χ3v) is 4.98. The third kappa shape index (κ3) is 2.15. The predicted molar refractivity (Wildman–Crippen MR) is 92.6 cm³/mol. The second-order valence-electron chi connectivity index (χ2n) is 5.69. The Balaban J connectivity index is 1.53. The minimum atomic E-state index is 0.278. The number of aryl methyl sites for hydroxylation is 1. The summed E-state index contributed by atoms with van der Waals surface area (Å²) in [7, 11) is 0. The van der Waals surface area contributed by atoms with Gasteiger partial charge in [0, 0.05) is 11.1 Å². The molecule has 0 radical (unpaired) electrons. The summed E-state index contributed by atoms with van der Waals surface area (Å²) in [6.07, 6.45) is 1.97. The minimum Gasteiger partial charge on any atom is -0.454 e. The molecule has 3 heterocycles. The number of rotatable bonds is 2. The first-order valence-corrected chi connectivity index (χ1v) is 8.41. The maximum atomic E-state index is 5.43. The number of ether oxygens (including phenoxy) is 2. The van der Waals surface area contributed by atoms with Crippen LogP contribution in [0.2, 0.25) is 0 Å². The van der Waals surface area contributed by atoms with Gasteiger partial charge in [0.25, 0.3) is 0 Å². The molecule has 1 aliphatic rings. The summed E-state index contributed by atoms with van der Waals surface area (Å²) in [4.78, 5) is 5.57. The third-order valence-electron chi connectivity index (χ3n) is 4.01. The van der Waals surface area contributed by atoms with Gasteiger partial charge in [0.15, 0.2) is 11.5 Å². The van der Waals surface area contributed by atoms with Crippen molar-refractivity contribution >= 4 is 16.3 Å². The Bertz CT molecular complexity index is 1020. The number of nitrogens with zero attached hydrogens (tertiary/aromatic N) is 3. The number of hydrogen-bond acceptors (Lipinski definition) is 5. The van der Waals surface area contributed by atoms with E-state index in [1.54, 1.807) is 11.3 Å². The first-order valence-electron chi connectivity index (χ1n) is 7.59. The molecule has 0 N–H and O–H groups in total. The van der Waals surface area contributed by atoms with Gasteiger partial charge in [-0.3, -0.25) is 0 Å². The van der Waals surface area contributed by atoms with Crippen molar-refractivity contribution in [1.82, 2.24) is 14.6 Å². The zero-order valence-corrected chi connectivity index (χ0v) is 13.7. The van der Waals surface area contributed by atoms with E-state index in [0.717, 1.165) is 38.3 Å². The van der Waals surface area contributed by atoms with Crippen molar-refractivity contribution in [1.29, 1.82) is 0 Å². The highest BCUT2D eigenvalue weighted by atomic mass is 32.1. The molecule has 5 nitrogen and oxygen atoms in total. The summed E-state index contributed by atoms with van der Waals surface area (Å²) in [5.41, 5.74) is 4.28. The number of aromatic nitrogens is 3. The lowest BCUT2D eigenvalue weighted by atomic mass is 10.1. The van der Waals surface area contributed by atoms with Crippen molar-refractivity contribution in [3.05, 3.63) is 54.2 Å². The molecule has 6 heteroatoms. The van der Waals surface area contributed by atoms with Crippen LogP contribution in [-0.2, 0) is 0 Å². The molecule has 0 fully saturated rings. The standard InChI is InChI=1S/C18H13N3O2S/c1-11-2-4-12(5-3-11)14-9-21-18(19-14)24-17(20-21)13-6-7-15-16(8-13)23-10-22-15/h2-9H,10H2,1H3. The highest BCUT2D eigenvalue weighted by molar-refractivity contribution is 7.19. The highest BCUT2D eigenvalue weighted by Crippen LogP contribution is 2.37. The smallest absolute Gasteiger partial charge is 0.231 e. The Labute approximate surface area is 142 Å². The van der Waals surface area contributed by atoms with E-state index in [2.05, 4.69) is 36.3 Å². The van der Waals surface area contributed by atoms with Crippen molar-refractivity contribution in [3.63, 3.8) is 0 Å². The van der Waals surface area contributed by atoms with E-state index in [4.69, 9.17) is 14.5 Å². The Hall–Kier alpha value is -2.86. The van der Waals surface area contributed by atoms with E-state index in [1.165, 1.54) is 5.56 Å². The van der Waals surface area contributed by atoms with Crippen LogP contribution in [0.15, 0.2) is 48.7 Å². The lowest BCUT2D eigenvalue weighted by molar-refractivity contribution is 0.174. The number of imidazole rings is 1. The molecule has 0 spiro atoms. The quantitative estimate of drug-likeness (QED) is 0.552. The van der Waals surface area contributed by atoms with E-state index in [0.29, 0.717) is 0 Å². The summed E-state index contributed by atoms with van der Waals surface area (Å²) >= 11 is 1.56. The summed E-state index contributed by atoms with van der Waals surface area (Å²) in [6.45, 7) is 2.36. The topological polar surface area (TPSA) is 48.7 Å². The predicted octanol–water partition coefficient (Wildman–Crippen LogP) is 4.16. The normalized spacial score (nSPS) is 12.9. The van der Waals surface area contributed by atoms with Gasteiger partial charge in [-0.15, -0.1) is 0 Å². The van der Waals surface area contributed by atoms with Crippen molar-refractivity contribution in [2.45, 2.75) is 6.92 Å². The monoisotopic (exact) mass is 335 g/mol. The van der Waals surface area contributed by atoms with Crippen LogP contribution in [-0.4, -0.2) is 21.4 Å². The largest absolute Gasteiger partial charge is 0.454 e. The van der Waals surface area contributed by atoms with Gasteiger partial charge in [0.1, 0.15) is 5.01 Å². The number of benzene rings is 2. The van der Waals surface area contributed by atoms with E-state index in [-0.39, 0.29) is 6.79 Å². The summed E-state index contributed by atoms with van der Waals surface area (Å²) < 4.78 is 12.6. The lowest BCUT2D eigenvalue weighted by Gasteiger charge is -1.98. The van der Waals surface area contributed by atoms with Gasteiger partial charge in [-0.2, -0.15) is 5.10 Å². The molecule has 24 heavy (non-hydrogen) atoms. The Morgan fingerprint density at radius 2 is 1.79 bits per heavy atom. The fourth-order valence-corrected chi connectivity index (χ4v) is 3.59.